The van der Waals surface area contributed by atoms with Crippen LogP contribution in [0.5, 0.6) is 0 Å². The van der Waals surface area contributed by atoms with Gasteiger partial charge >= 0.3 is 0 Å². The Labute approximate surface area is 61.2 Å². The number of hydrogen-bond donors (Lipinski definition) is 0. The molecular weight excluding hydrogens is 124 g/mol. The SMILES string of the molecule is CC1(C)C=CC(=[N+]=[N-])CC1. The van der Waals surface area contributed by atoms with Crippen LogP contribution in [0, 0.1) is 5.41 Å². The molecule has 0 amide bonds. The Hall–Kier alpha value is -0.880. The number of nitrogens with zero attached hydrogens (tertiary/aromatic N) is 2. The van der Waals surface area contributed by atoms with Gasteiger partial charge in [0.2, 0.25) is 0 Å². The largest absolute Gasteiger partial charge is 0.361 e. The predicted octanol–water partition coefficient (Wildman–Crippen LogP) is 2.03. The van der Waals surface area contributed by atoms with E-state index in [1.807, 2.05) is 6.08 Å². The summed E-state index contributed by atoms with van der Waals surface area (Å²) < 4.78 is 0. The van der Waals surface area contributed by atoms with Crippen molar-refractivity contribution in [3.8, 4) is 0 Å². The first-order chi connectivity index (χ1) is 4.64. The van der Waals surface area contributed by atoms with Crippen molar-refractivity contribution in [1.82, 2.24) is 0 Å². The maximum Gasteiger partial charge on any atom is 0.291 e. The molecule has 0 aromatic carbocycles. The second-order valence-electron chi connectivity index (χ2n) is 3.41. The van der Waals surface area contributed by atoms with Gasteiger partial charge in [0.25, 0.3) is 5.71 Å². The standard InChI is InChI=1S/C8H12N2/c1-8(2)5-3-7(10-9)4-6-8/h3,5H,4,6H2,1-2H3. The fourth-order valence-corrected chi connectivity index (χ4v) is 1.02. The van der Waals surface area contributed by atoms with Gasteiger partial charge < -0.3 is 5.53 Å². The number of rotatable bonds is 0. The predicted molar refractivity (Wildman–Crippen MR) is 40.8 cm³/mol. The maximum absolute atomic E-state index is 8.40. The first-order valence-corrected chi connectivity index (χ1v) is 3.54. The van der Waals surface area contributed by atoms with Crippen LogP contribution in [0.4, 0.5) is 0 Å². The van der Waals surface area contributed by atoms with Gasteiger partial charge in [-0.15, -0.1) is 0 Å². The van der Waals surface area contributed by atoms with Crippen molar-refractivity contribution in [1.29, 1.82) is 0 Å². The van der Waals surface area contributed by atoms with E-state index in [1.165, 1.54) is 0 Å². The lowest BCUT2D eigenvalue weighted by Gasteiger charge is -2.20. The summed E-state index contributed by atoms with van der Waals surface area (Å²) >= 11 is 0. The zero-order valence-electron chi connectivity index (χ0n) is 6.46. The van der Waals surface area contributed by atoms with E-state index in [0.717, 1.165) is 18.6 Å². The second-order valence-corrected chi connectivity index (χ2v) is 3.41. The summed E-state index contributed by atoms with van der Waals surface area (Å²) in [4.78, 5) is 3.14. The van der Waals surface area contributed by atoms with E-state index >= 15 is 0 Å². The Morgan fingerprint density at radius 3 is 2.70 bits per heavy atom. The monoisotopic (exact) mass is 136 g/mol. The Balaban J connectivity index is 2.80. The Kier molecular flexibility index (Phi) is 1.73. The first-order valence-electron chi connectivity index (χ1n) is 3.54. The van der Waals surface area contributed by atoms with E-state index < -0.39 is 0 Å². The van der Waals surface area contributed by atoms with E-state index in [2.05, 4.69) is 24.7 Å². The average molecular weight is 136 g/mol. The van der Waals surface area contributed by atoms with Gasteiger partial charge in [0.1, 0.15) is 0 Å². The summed E-state index contributed by atoms with van der Waals surface area (Å²) in [5.74, 6) is 0. The van der Waals surface area contributed by atoms with Crippen molar-refractivity contribution in [2.75, 3.05) is 0 Å². The van der Waals surface area contributed by atoms with Gasteiger partial charge in [0.05, 0.1) is 6.42 Å². The van der Waals surface area contributed by atoms with Gasteiger partial charge in [-0.3, -0.25) is 0 Å². The third-order valence-electron chi connectivity index (χ3n) is 1.88. The molecule has 0 aliphatic heterocycles. The molecule has 2 heteroatoms. The molecule has 1 aliphatic rings. The van der Waals surface area contributed by atoms with Gasteiger partial charge in [0, 0.05) is 6.08 Å². The smallest absolute Gasteiger partial charge is 0.291 e. The van der Waals surface area contributed by atoms with Crippen LogP contribution in [-0.2, 0) is 0 Å². The molecule has 2 nitrogen and oxygen atoms in total. The Bertz CT molecular complexity index is 207. The van der Waals surface area contributed by atoms with Crippen LogP contribution in [0.1, 0.15) is 26.7 Å². The van der Waals surface area contributed by atoms with E-state index in [-0.39, 0.29) is 5.41 Å². The molecule has 0 atom stereocenters. The molecular formula is C8H12N2. The normalized spacial score (nSPS) is 22.4. The van der Waals surface area contributed by atoms with Gasteiger partial charge in [-0.2, -0.15) is 4.79 Å². The van der Waals surface area contributed by atoms with Crippen LogP contribution in [0.3, 0.4) is 0 Å². The van der Waals surface area contributed by atoms with Crippen LogP contribution in [0.25, 0.3) is 5.53 Å². The lowest BCUT2D eigenvalue weighted by Crippen LogP contribution is -2.15. The maximum atomic E-state index is 8.40. The van der Waals surface area contributed by atoms with E-state index in [0.29, 0.717) is 0 Å². The molecule has 0 unspecified atom stereocenters. The minimum Gasteiger partial charge on any atom is -0.361 e. The zero-order valence-corrected chi connectivity index (χ0v) is 6.46. The van der Waals surface area contributed by atoms with Crippen LogP contribution >= 0.6 is 0 Å². The highest BCUT2D eigenvalue weighted by Crippen LogP contribution is 2.27. The molecule has 54 valence electrons. The molecule has 0 heterocycles. The zero-order chi connectivity index (χ0) is 7.61. The molecule has 0 saturated carbocycles. The van der Waals surface area contributed by atoms with Crippen LogP contribution < -0.4 is 0 Å². The minimum absolute atomic E-state index is 0.286. The second kappa shape index (κ2) is 2.39. The third kappa shape index (κ3) is 1.55. The van der Waals surface area contributed by atoms with Crippen molar-refractivity contribution < 1.29 is 4.79 Å². The summed E-state index contributed by atoms with van der Waals surface area (Å²) in [6.45, 7) is 4.36. The van der Waals surface area contributed by atoms with E-state index in [1.54, 1.807) is 0 Å². The molecule has 0 bridgehead atoms. The van der Waals surface area contributed by atoms with Gasteiger partial charge in [-0.25, -0.2) is 0 Å². The quantitative estimate of drug-likeness (QED) is 0.361. The lowest BCUT2D eigenvalue weighted by atomic mass is 9.82. The summed E-state index contributed by atoms with van der Waals surface area (Å²) in [5.41, 5.74) is 9.47. The Morgan fingerprint density at radius 2 is 2.30 bits per heavy atom. The molecule has 0 aromatic heterocycles. The van der Waals surface area contributed by atoms with E-state index in [4.69, 9.17) is 5.53 Å². The van der Waals surface area contributed by atoms with Crippen LogP contribution in [-0.4, -0.2) is 10.5 Å². The molecule has 1 aliphatic carbocycles. The topological polar surface area (TPSA) is 36.4 Å². The summed E-state index contributed by atoms with van der Waals surface area (Å²) in [6.07, 6.45) is 5.94. The fraction of sp³-hybridized carbons (Fsp3) is 0.625. The van der Waals surface area contributed by atoms with Gasteiger partial charge in [-0.1, -0.05) is 19.9 Å². The molecule has 0 radical (unpaired) electrons. The fourth-order valence-electron chi connectivity index (χ4n) is 1.02. The third-order valence-corrected chi connectivity index (χ3v) is 1.88. The van der Waals surface area contributed by atoms with Crippen LogP contribution in [0.2, 0.25) is 0 Å². The highest BCUT2D eigenvalue weighted by atomic mass is 14.9. The highest BCUT2D eigenvalue weighted by molar-refractivity contribution is 5.91. The number of hydrogen-bond acceptors (Lipinski definition) is 0. The summed E-state index contributed by atoms with van der Waals surface area (Å²) in [5, 5.41) is 0. The molecule has 1 rings (SSSR count). The molecule has 0 N–H and O–H groups in total. The van der Waals surface area contributed by atoms with Gasteiger partial charge in [0.15, 0.2) is 0 Å². The average Bonchev–Trinajstić information content (AvgIpc) is 1.88. The molecule has 10 heavy (non-hydrogen) atoms. The molecule has 0 fully saturated rings. The van der Waals surface area contributed by atoms with Crippen LogP contribution in [0.15, 0.2) is 12.2 Å². The number of allylic oxidation sites excluding steroid dienone is 2. The van der Waals surface area contributed by atoms with Crippen molar-refractivity contribution in [2.45, 2.75) is 26.7 Å². The lowest BCUT2D eigenvalue weighted by molar-refractivity contribution is -0.00766. The first kappa shape index (κ1) is 7.23. The molecule has 0 saturated heterocycles. The molecule has 0 spiro atoms. The van der Waals surface area contributed by atoms with Crippen molar-refractivity contribution in [3.05, 3.63) is 17.7 Å². The highest BCUT2D eigenvalue weighted by Gasteiger charge is 2.21. The van der Waals surface area contributed by atoms with E-state index in [9.17, 15) is 0 Å². The Morgan fingerprint density at radius 1 is 1.60 bits per heavy atom. The van der Waals surface area contributed by atoms with Crippen molar-refractivity contribution in [3.63, 3.8) is 0 Å². The van der Waals surface area contributed by atoms with Crippen molar-refractivity contribution in [2.24, 2.45) is 5.41 Å². The van der Waals surface area contributed by atoms with Crippen molar-refractivity contribution >= 4 is 5.71 Å². The van der Waals surface area contributed by atoms with Gasteiger partial charge in [-0.05, 0) is 11.8 Å². The minimum atomic E-state index is 0.286. The molecule has 0 aromatic rings. The summed E-state index contributed by atoms with van der Waals surface area (Å²) in [7, 11) is 0. The summed E-state index contributed by atoms with van der Waals surface area (Å²) in [6, 6.07) is 0.